The van der Waals surface area contributed by atoms with E-state index in [0.29, 0.717) is 5.15 Å². The van der Waals surface area contributed by atoms with Crippen LogP contribution in [0.3, 0.4) is 0 Å². The topological polar surface area (TPSA) is 29.0 Å². The molecule has 1 heterocycles. The SMILES string of the molecule is CSc1nc(Cl)cc(N(C)CC2CCC2)n1. The summed E-state index contributed by atoms with van der Waals surface area (Å²) in [4.78, 5) is 10.8. The molecule has 0 aromatic carbocycles. The normalized spacial score (nSPS) is 15.9. The van der Waals surface area contributed by atoms with Crippen molar-refractivity contribution in [2.24, 2.45) is 5.92 Å². The summed E-state index contributed by atoms with van der Waals surface area (Å²) in [5.74, 6) is 1.76. The highest BCUT2D eigenvalue weighted by atomic mass is 35.5. The lowest BCUT2D eigenvalue weighted by atomic mass is 9.85. The fraction of sp³-hybridized carbons (Fsp3) is 0.636. The van der Waals surface area contributed by atoms with Crippen molar-refractivity contribution in [1.29, 1.82) is 0 Å². The van der Waals surface area contributed by atoms with Gasteiger partial charge in [0, 0.05) is 19.7 Å². The molecule has 1 aromatic heterocycles. The Kier molecular flexibility index (Phi) is 3.92. The van der Waals surface area contributed by atoms with Crippen LogP contribution in [0, 0.1) is 5.92 Å². The Morgan fingerprint density at radius 1 is 1.50 bits per heavy atom. The van der Waals surface area contributed by atoms with Gasteiger partial charge >= 0.3 is 0 Å². The molecule has 0 spiro atoms. The zero-order valence-corrected chi connectivity index (χ0v) is 11.2. The van der Waals surface area contributed by atoms with Gasteiger partial charge in [0.1, 0.15) is 11.0 Å². The monoisotopic (exact) mass is 257 g/mol. The summed E-state index contributed by atoms with van der Waals surface area (Å²) in [7, 11) is 2.07. The van der Waals surface area contributed by atoms with E-state index in [1.54, 1.807) is 0 Å². The van der Waals surface area contributed by atoms with Crippen molar-refractivity contribution in [2.45, 2.75) is 24.4 Å². The molecule has 0 aliphatic heterocycles. The number of thioether (sulfide) groups is 1. The predicted molar refractivity (Wildman–Crippen MR) is 69.4 cm³/mol. The average Bonchev–Trinajstić information content (AvgIpc) is 2.22. The molecule has 0 N–H and O–H groups in total. The van der Waals surface area contributed by atoms with E-state index < -0.39 is 0 Å². The van der Waals surface area contributed by atoms with Gasteiger partial charge in [-0.2, -0.15) is 0 Å². The Hall–Kier alpha value is -0.480. The number of anilines is 1. The van der Waals surface area contributed by atoms with Gasteiger partial charge in [0.25, 0.3) is 0 Å². The number of nitrogens with zero attached hydrogens (tertiary/aromatic N) is 3. The Morgan fingerprint density at radius 2 is 2.25 bits per heavy atom. The summed E-state index contributed by atoms with van der Waals surface area (Å²) in [6.45, 7) is 1.07. The molecule has 0 saturated heterocycles. The minimum atomic E-state index is 0.523. The molecule has 3 nitrogen and oxygen atoms in total. The molecule has 1 saturated carbocycles. The van der Waals surface area contributed by atoms with E-state index in [1.165, 1.54) is 31.0 Å². The summed E-state index contributed by atoms with van der Waals surface area (Å²) in [6, 6.07) is 1.83. The molecule has 0 atom stereocenters. The van der Waals surface area contributed by atoms with E-state index >= 15 is 0 Å². The fourth-order valence-electron chi connectivity index (χ4n) is 1.83. The first-order valence-electron chi connectivity index (χ1n) is 5.48. The third-order valence-electron chi connectivity index (χ3n) is 2.99. The summed E-state index contributed by atoms with van der Waals surface area (Å²) in [6.07, 6.45) is 6.03. The number of hydrogen-bond acceptors (Lipinski definition) is 4. The zero-order valence-electron chi connectivity index (χ0n) is 9.61. The number of aromatic nitrogens is 2. The van der Waals surface area contributed by atoms with Gasteiger partial charge in [0.2, 0.25) is 0 Å². The van der Waals surface area contributed by atoms with Crippen LogP contribution in [-0.4, -0.2) is 29.8 Å². The Balaban J connectivity index is 2.08. The number of rotatable bonds is 4. The molecule has 5 heteroatoms. The molecule has 2 rings (SSSR count). The van der Waals surface area contributed by atoms with Crippen molar-refractivity contribution < 1.29 is 0 Å². The Morgan fingerprint density at radius 3 is 2.81 bits per heavy atom. The highest BCUT2D eigenvalue weighted by molar-refractivity contribution is 7.98. The van der Waals surface area contributed by atoms with Gasteiger partial charge in [-0.3, -0.25) is 0 Å². The van der Waals surface area contributed by atoms with Crippen molar-refractivity contribution in [3.05, 3.63) is 11.2 Å². The van der Waals surface area contributed by atoms with Crippen molar-refractivity contribution in [3.8, 4) is 0 Å². The second-order valence-electron chi connectivity index (χ2n) is 4.21. The number of halogens is 1. The highest BCUT2D eigenvalue weighted by Gasteiger charge is 2.20. The smallest absolute Gasteiger partial charge is 0.190 e. The Bertz CT molecular complexity index is 368. The maximum Gasteiger partial charge on any atom is 0.190 e. The summed E-state index contributed by atoms with van der Waals surface area (Å²) in [5.41, 5.74) is 0. The van der Waals surface area contributed by atoms with E-state index in [4.69, 9.17) is 11.6 Å². The fourth-order valence-corrected chi connectivity index (χ4v) is 2.43. The molecule has 1 aromatic rings. The number of hydrogen-bond donors (Lipinski definition) is 0. The second kappa shape index (κ2) is 5.23. The summed E-state index contributed by atoms with van der Waals surface area (Å²) >= 11 is 7.49. The first kappa shape index (κ1) is 12.0. The minimum absolute atomic E-state index is 0.523. The van der Waals surface area contributed by atoms with Crippen LogP contribution < -0.4 is 4.90 Å². The van der Waals surface area contributed by atoms with Crippen molar-refractivity contribution >= 4 is 29.2 Å². The van der Waals surface area contributed by atoms with E-state index in [2.05, 4.69) is 21.9 Å². The first-order chi connectivity index (χ1) is 7.69. The summed E-state index contributed by atoms with van der Waals surface area (Å²) in [5, 5.41) is 1.26. The van der Waals surface area contributed by atoms with Crippen LogP contribution in [0.2, 0.25) is 5.15 Å². The predicted octanol–water partition coefficient (Wildman–Crippen LogP) is 3.09. The van der Waals surface area contributed by atoms with Gasteiger partial charge in [0.05, 0.1) is 0 Å². The molecular formula is C11H16ClN3S. The van der Waals surface area contributed by atoms with E-state index in [0.717, 1.165) is 23.4 Å². The molecule has 16 heavy (non-hydrogen) atoms. The van der Waals surface area contributed by atoms with Crippen LogP contribution in [-0.2, 0) is 0 Å². The summed E-state index contributed by atoms with van der Waals surface area (Å²) < 4.78 is 0. The standard InChI is InChI=1S/C11H16ClN3S/c1-15(7-8-4-3-5-8)10-6-9(12)13-11(14-10)16-2/h6,8H,3-5,7H2,1-2H3. The van der Waals surface area contributed by atoms with Crippen LogP contribution in [0.15, 0.2) is 11.2 Å². The minimum Gasteiger partial charge on any atom is -0.359 e. The van der Waals surface area contributed by atoms with Gasteiger partial charge in [-0.25, -0.2) is 9.97 Å². The molecule has 88 valence electrons. The lowest BCUT2D eigenvalue weighted by Crippen LogP contribution is -2.29. The highest BCUT2D eigenvalue weighted by Crippen LogP contribution is 2.28. The van der Waals surface area contributed by atoms with Gasteiger partial charge in [-0.1, -0.05) is 29.8 Å². The lowest BCUT2D eigenvalue weighted by Gasteiger charge is -2.30. The van der Waals surface area contributed by atoms with Crippen LogP contribution in [0.5, 0.6) is 0 Å². The molecule has 1 fully saturated rings. The van der Waals surface area contributed by atoms with Crippen molar-refractivity contribution in [2.75, 3.05) is 24.7 Å². The first-order valence-corrected chi connectivity index (χ1v) is 7.09. The van der Waals surface area contributed by atoms with E-state index in [1.807, 2.05) is 12.3 Å². The molecular weight excluding hydrogens is 242 g/mol. The zero-order chi connectivity index (χ0) is 11.5. The van der Waals surface area contributed by atoms with Gasteiger partial charge in [-0.05, 0) is 25.0 Å². The molecule has 0 unspecified atom stereocenters. The maximum absolute atomic E-state index is 5.97. The van der Waals surface area contributed by atoms with Crippen LogP contribution >= 0.6 is 23.4 Å². The molecule has 1 aliphatic carbocycles. The van der Waals surface area contributed by atoms with Crippen molar-refractivity contribution in [1.82, 2.24) is 9.97 Å². The van der Waals surface area contributed by atoms with Crippen LogP contribution in [0.25, 0.3) is 0 Å². The van der Waals surface area contributed by atoms with Gasteiger partial charge in [-0.15, -0.1) is 0 Å². The molecule has 0 bridgehead atoms. The van der Waals surface area contributed by atoms with E-state index in [9.17, 15) is 0 Å². The van der Waals surface area contributed by atoms with Crippen LogP contribution in [0.4, 0.5) is 5.82 Å². The van der Waals surface area contributed by atoms with Gasteiger partial charge < -0.3 is 4.90 Å². The van der Waals surface area contributed by atoms with Crippen LogP contribution in [0.1, 0.15) is 19.3 Å². The molecule has 1 aliphatic rings. The third-order valence-corrected chi connectivity index (χ3v) is 3.73. The molecule has 0 amide bonds. The average molecular weight is 258 g/mol. The molecule has 0 radical (unpaired) electrons. The Labute approximate surface area is 106 Å². The van der Waals surface area contributed by atoms with Crippen molar-refractivity contribution in [3.63, 3.8) is 0 Å². The van der Waals surface area contributed by atoms with E-state index in [-0.39, 0.29) is 0 Å². The third kappa shape index (κ3) is 2.80. The lowest BCUT2D eigenvalue weighted by molar-refractivity contribution is 0.321. The second-order valence-corrected chi connectivity index (χ2v) is 5.37. The van der Waals surface area contributed by atoms with Gasteiger partial charge in [0.15, 0.2) is 5.16 Å². The maximum atomic E-state index is 5.97. The quantitative estimate of drug-likeness (QED) is 0.471. The largest absolute Gasteiger partial charge is 0.359 e.